The van der Waals surface area contributed by atoms with Crippen LogP contribution >= 0.6 is 0 Å². The Balaban J connectivity index is 1.65. The SMILES string of the molecule is Cc1nc(N2CCN(C=O)CC2)nc2c1C(=O)C[C@H](c1ccccc1F)C2. The summed E-state index contributed by atoms with van der Waals surface area (Å²) >= 11 is 0. The number of amides is 1. The van der Waals surface area contributed by atoms with E-state index in [-0.39, 0.29) is 23.9 Å². The smallest absolute Gasteiger partial charge is 0.225 e. The van der Waals surface area contributed by atoms with Crippen molar-refractivity contribution in [3.63, 3.8) is 0 Å². The van der Waals surface area contributed by atoms with Gasteiger partial charge in [0.05, 0.1) is 17.0 Å². The molecule has 1 aliphatic carbocycles. The summed E-state index contributed by atoms with van der Waals surface area (Å²) < 4.78 is 14.2. The largest absolute Gasteiger partial charge is 0.342 e. The van der Waals surface area contributed by atoms with Crippen molar-refractivity contribution in [1.29, 1.82) is 0 Å². The average Bonchev–Trinajstić information content (AvgIpc) is 2.67. The van der Waals surface area contributed by atoms with Gasteiger partial charge in [-0.05, 0) is 30.9 Å². The van der Waals surface area contributed by atoms with E-state index in [2.05, 4.69) is 9.97 Å². The van der Waals surface area contributed by atoms with Crippen molar-refractivity contribution in [2.45, 2.75) is 25.7 Å². The van der Waals surface area contributed by atoms with Crippen molar-refractivity contribution >= 4 is 18.1 Å². The van der Waals surface area contributed by atoms with E-state index in [1.54, 1.807) is 23.1 Å². The fraction of sp³-hybridized carbons (Fsp3) is 0.400. The maximum atomic E-state index is 14.2. The Hall–Kier alpha value is -2.83. The maximum absolute atomic E-state index is 14.2. The highest BCUT2D eigenvalue weighted by molar-refractivity contribution is 5.99. The van der Waals surface area contributed by atoms with Crippen LogP contribution in [0.3, 0.4) is 0 Å². The van der Waals surface area contributed by atoms with E-state index in [0.717, 1.165) is 6.41 Å². The number of rotatable bonds is 3. The summed E-state index contributed by atoms with van der Waals surface area (Å²) in [6.07, 6.45) is 1.65. The van der Waals surface area contributed by atoms with Crippen LogP contribution in [0.1, 0.15) is 39.6 Å². The Bertz CT molecular complexity index is 894. The first-order valence-corrected chi connectivity index (χ1v) is 9.16. The number of hydrogen-bond acceptors (Lipinski definition) is 5. The standard InChI is InChI=1S/C20H21FN4O2/c1-13-19-17(23-20(22-13)25-8-6-24(12-26)7-9-25)10-14(11-18(19)27)15-4-2-3-5-16(15)21/h2-5,12,14H,6-11H2,1H3/t14-/m1/s1. The van der Waals surface area contributed by atoms with Crippen molar-refractivity contribution in [3.8, 4) is 0 Å². The van der Waals surface area contributed by atoms with Crippen molar-refractivity contribution < 1.29 is 14.0 Å². The molecule has 0 unspecified atom stereocenters. The molecule has 1 amide bonds. The van der Waals surface area contributed by atoms with E-state index in [4.69, 9.17) is 0 Å². The molecule has 2 aliphatic rings. The molecule has 140 valence electrons. The maximum Gasteiger partial charge on any atom is 0.225 e. The van der Waals surface area contributed by atoms with Crippen molar-refractivity contribution in [3.05, 3.63) is 52.6 Å². The quantitative estimate of drug-likeness (QED) is 0.777. The Labute approximate surface area is 157 Å². The van der Waals surface area contributed by atoms with Gasteiger partial charge in [0, 0.05) is 32.6 Å². The Morgan fingerprint density at radius 1 is 1.11 bits per heavy atom. The lowest BCUT2D eigenvalue weighted by atomic mass is 9.81. The number of ketones is 1. The van der Waals surface area contributed by atoms with E-state index < -0.39 is 0 Å². The molecular weight excluding hydrogens is 347 g/mol. The zero-order valence-corrected chi connectivity index (χ0v) is 15.2. The number of piperazine rings is 1. The normalized spacial score (nSPS) is 19.8. The summed E-state index contributed by atoms with van der Waals surface area (Å²) in [5.41, 5.74) is 2.51. The first kappa shape index (κ1) is 17.6. The number of aryl methyl sites for hydroxylation is 1. The zero-order valence-electron chi connectivity index (χ0n) is 15.2. The van der Waals surface area contributed by atoms with Gasteiger partial charge in [-0.1, -0.05) is 18.2 Å². The molecule has 2 aromatic rings. The van der Waals surface area contributed by atoms with Gasteiger partial charge in [0.1, 0.15) is 5.82 Å². The number of Topliss-reactive ketones (excluding diaryl/α,β-unsaturated/α-hetero) is 1. The summed E-state index contributed by atoms with van der Waals surface area (Å²) in [5.74, 6) is 0.0631. The number of hydrogen-bond donors (Lipinski definition) is 0. The van der Waals surface area contributed by atoms with E-state index in [1.807, 2.05) is 11.8 Å². The van der Waals surface area contributed by atoms with Crippen LogP contribution < -0.4 is 4.90 Å². The molecule has 0 saturated carbocycles. The molecule has 27 heavy (non-hydrogen) atoms. The molecule has 0 radical (unpaired) electrons. The van der Waals surface area contributed by atoms with Gasteiger partial charge in [-0.3, -0.25) is 9.59 Å². The highest BCUT2D eigenvalue weighted by Crippen LogP contribution is 2.34. The summed E-state index contributed by atoms with van der Waals surface area (Å²) in [6, 6.07) is 6.62. The van der Waals surface area contributed by atoms with Gasteiger partial charge in [-0.2, -0.15) is 0 Å². The molecule has 0 bridgehead atoms. The van der Waals surface area contributed by atoms with Gasteiger partial charge in [0.15, 0.2) is 5.78 Å². The second kappa shape index (κ2) is 7.06. The summed E-state index contributed by atoms with van der Waals surface area (Å²) in [5, 5.41) is 0. The number of nitrogens with zero attached hydrogens (tertiary/aromatic N) is 4. The third kappa shape index (κ3) is 3.29. The lowest BCUT2D eigenvalue weighted by Crippen LogP contribution is -2.46. The lowest BCUT2D eigenvalue weighted by Gasteiger charge is -2.33. The van der Waals surface area contributed by atoms with Gasteiger partial charge in [0.2, 0.25) is 12.4 Å². The molecule has 1 fully saturated rings. The molecule has 6 nitrogen and oxygen atoms in total. The number of benzene rings is 1. The molecule has 0 N–H and O–H groups in total. The van der Waals surface area contributed by atoms with Gasteiger partial charge in [-0.15, -0.1) is 0 Å². The molecule has 2 heterocycles. The Kier molecular flexibility index (Phi) is 4.59. The summed E-state index contributed by atoms with van der Waals surface area (Å²) in [6.45, 7) is 4.38. The zero-order chi connectivity index (χ0) is 19.0. The van der Waals surface area contributed by atoms with Crippen LogP contribution in [0.4, 0.5) is 10.3 Å². The average molecular weight is 368 g/mol. The molecule has 1 saturated heterocycles. The number of aromatic nitrogens is 2. The van der Waals surface area contributed by atoms with Crippen LogP contribution in [0, 0.1) is 12.7 Å². The highest BCUT2D eigenvalue weighted by Gasteiger charge is 2.32. The molecule has 7 heteroatoms. The molecule has 1 aromatic heterocycles. The lowest BCUT2D eigenvalue weighted by molar-refractivity contribution is -0.118. The predicted molar refractivity (Wildman–Crippen MR) is 98.4 cm³/mol. The first-order chi connectivity index (χ1) is 13.1. The molecule has 4 rings (SSSR count). The minimum atomic E-state index is -0.283. The molecule has 1 aliphatic heterocycles. The van der Waals surface area contributed by atoms with Crippen molar-refractivity contribution in [2.24, 2.45) is 0 Å². The molecular formula is C20H21FN4O2. The third-order valence-electron chi connectivity index (χ3n) is 5.39. The number of halogens is 1. The summed E-state index contributed by atoms with van der Waals surface area (Å²) in [7, 11) is 0. The van der Waals surface area contributed by atoms with Gasteiger partial charge in [0.25, 0.3) is 0 Å². The minimum absolute atomic E-state index is 0.0284. The Morgan fingerprint density at radius 3 is 2.56 bits per heavy atom. The van der Waals surface area contributed by atoms with Crippen LogP contribution in [0.2, 0.25) is 0 Å². The van der Waals surface area contributed by atoms with Crippen LogP contribution in [0.15, 0.2) is 24.3 Å². The van der Waals surface area contributed by atoms with Crippen LogP contribution in [0.25, 0.3) is 0 Å². The van der Waals surface area contributed by atoms with Gasteiger partial charge < -0.3 is 9.80 Å². The highest BCUT2D eigenvalue weighted by atomic mass is 19.1. The molecule has 0 spiro atoms. The molecule has 1 aromatic carbocycles. The second-order valence-electron chi connectivity index (χ2n) is 7.11. The molecule has 1 atom stereocenters. The fourth-order valence-corrected chi connectivity index (χ4v) is 3.95. The Morgan fingerprint density at radius 2 is 1.85 bits per heavy atom. The number of fused-ring (bicyclic) bond motifs is 1. The first-order valence-electron chi connectivity index (χ1n) is 9.16. The predicted octanol–water partition coefficient (Wildman–Crippen LogP) is 2.12. The van der Waals surface area contributed by atoms with E-state index >= 15 is 0 Å². The van der Waals surface area contributed by atoms with Crippen molar-refractivity contribution in [2.75, 3.05) is 31.1 Å². The van der Waals surface area contributed by atoms with Crippen LogP contribution in [-0.4, -0.2) is 53.2 Å². The van der Waals surface area contributed by atoms with Crippen LogP contribution in [-0.2, 0) is 11.2 Å². The van der Waals surface area contributed by atoms with E-state index in [1.165, 1.54) is 6.07 Å². The number of anilines is 1. The van der Waals surface area contributed by atoms with Crippen molar-refractivity contribution in [1.82, 2.24) is 14.9 Å². The van der Waals surface area contributed by atoms with E-state index in [0.29, 0.717) is 61.1 Å². The third-order valence-corrected chi connectivity index (χ3v) is 5.39. The topological polar surface area (TPSA) is 66.4 Å². The monoisotopic (exact) mass is 368 g/mol. The van der Waals surface area contributed by atoms with Gasteiger partial charge >= 0.3 is 0 Å². The van der Waals surface area contributed by atoms with E-state index in [9.17, 15) is 14.0 Å². The second-order valence-corrected chi connectivity index (χ2v) is 7.11. The minimum Gasteiger partial charge on any atom is -0.342 e. The van der Waals surface area contributed by atoms with Gasteiger partial charge in [-0.25, -0.2) is 14.4 Å². The van der Waals surface area contributed by atoms with Crippen LogP contribution in [0.5, 0.6) is 0 Å². The number of carbonyl (C=O) groups is 2. The fourth-order valence-electron chi connectivity index (χ4n) is 3.95. The summed E-state index contributed by atoms with van der Waals surface area (Å²) in [4.78, 5) is 36.6. The number of carbonyl (C=O) groups excluding carboxylic acids is 2.